The fourth-order valence-electron chi connectivity index (χ4n) is 0.390. The molecule has 3 heteroatoms. The maximum Gasteiger partial charge on any atom is 0.203 e. The Balaban J connectivity index is 4.09. The topological polar surface area (TPSA) is 42.3 Å². The van der Waals surface area contributed by atoms with Crippen LogP contribution >= 0.6 is 0 Å². The molecule has 0 unspecified atom stereocenters. The highest BCUT2D eigenvalue weighted by Crippen LogP contribution is 2.10. The highest BCUT2D eigenvalue weighted by Gasteiger charge is 2.24. The Morgan fingerprint density at radius 1 is 1.33 bits per heavy atom. The molecule has 0 fully saturated rings. The van der Waals surface area contributed by atoms with Gasteiger partial charge in [-0.1, -0.05) is 0 Å². The molecule has 0 aromatic rings. The lowest BCUT2D eigenvalue weighted by atomic mass is 10.2. The number of hydrogen-bond donors (Lipinski definition) is 1. The average molecular weight is 131 g/mol. The van der Waals surface area contributed by atoms with E-state index in [1.165, 1.54) is 14.2 Å². The summed E-state index contributed by atoms with van der Waals surface area (Å²) in [4.78, 5) is 0. The van der Waals surface area contributed by atoms with E-state index in [1.54, 1.807) is 13.8 Å². The van der Waals surface area contributed by atoms with Crippen molar-refractivity contribution < 1.29 is 9.47 Å². The first-order valence-electron chi connectivity index (χ1n) is 2.72. The minimum atomic E-state index is -0.833. The van der Waals surface area contributed by atoms with E-state index >= 15 is 0 Å². The van der Waals surface area contributed by atoms with E-state index in [1.807, 2.05) is 0 Å². The lowest BCUT2D eigenvalue weighted by molar-refractivity contribution is -0.140. The van der Waals surface area contributed by atoms with Gasteiger partial charge in [0.05, 0.1) is 5.71 Å². The van der Waals surface area contributed by atoms with Crippen LogP contribution in [0.3, 0.4) is 0 Å². The van der Waals surface area contributed by atoms with Crippen LogP contribution in [0.4, 0.5) is 0 Å². The predicted molar refractivity (Wildman–Crippen MR) is 35.8 cm³/mol. The normalized spacial score (nSPS) is 11.6. The molecule has 0 aliphatic rings. The summed E-state index contributed by atoms with van der Waals surface area (Å²) in [5.74, 6) is -0.833. The first-order chi connectivity index (χ1) is 4.06. The van der Waals surface area contributed by atoms with Gasteiger partial charge in [0.25, 0.3) is 0 Å². The molecule has 54 valence electrons. The van der Waals surface area contributed by atoms with Crippen LogP contribution in [0, 0.1) is 5.41 Å². The monoisotopic (exact) mass is 131 g/mol. The smallest absolute Gasteiger partial charge is 0.203 e. The maximum atomic E-state index is 7.20. The zero-order valence-electron chi connectivity index (χ0n) is 6.32. The van der Waals surface area contributed by atoms with Crippen LogP contribution in [-0.4, -0.2) is 25.7 Å². The van der Waals surface area contributed by atoms with Gasteiger partial charge in [-0.3, -0.25) is 0 Å². The Bertz CT molecular complexity index is 108. The average Bonchev–Trinajstić information content (AvgIpc) is 1.86. The minimum absolute atomic E-state index is 0.368. The standard InChI is InChI=1S/C6H13NO2/c1-5(7)6(2,8-3)9-4/h7H,1-4H3. The molecular weight excluding hydrogens is 118 g/mol. The molecule has 0 aromatic carbocycles. The third kappa shape index (κ3) is 1.77. The number of hydrogen-bond acceptors (Lipinski definition) is 3. The number of ether oxygens (including phenoxy) is 2. The lowest BCUT2D eigenvalue weighted by Crippen LogP contribution is -2.36. The summed E-state index contributed by atoms with van der Waals surface area (Å²) in [6.45, 7) is 3.35. The van der Waals surface area contributed by atoms with Gasteiger partial charge in [-0.15, -0.1) is 0 Å². The molecule has 0 radical (unpaired) electrons. The summed E-state index contributed by atoms with van der Waals surface area (Å²) in [5, 5.41) is 7.20. The van der Waals surface area contributed by atoms with Crippen molar-refractivity contribution in [3.63, 3.8) is 0 Å². The Hall–Kier alpha value is -0.410. The molecule has 0 bridgehead atoms. The van der Waals surface area contributed by atoms with Gasteiger partial charge in [0.1, 0.15) is 0 Å². The SMILES string of the molecule is COC(C)(OC)C(C)=N. The number of nitrogens with one attached hydrogen (secondary N) is 1. The highest BCUT2D eigenvalue weighted by atomic mass is 16.7. The molecule has 0 amide bonds. The molecule has 3 nitrogen and oxygen atoms in total. The van der Waals surface area contributed by atoms with Crippen LogP contribution in [0.1, 0.15) is 13.8 Å². The van der Waals surface area contributed by atoms with E-state index in [2.05, 4.69) is 0 Å². The third-order valence-electron chi connectivity index (χ3n) is 1.46. The van der Waals surface area contributed by atoms with Gasteiger partial charge in [0.2, 0.25) is 5.79 Å². The fourth-order valence-corrected chi connectivity index (χ4v) is 0.390. The van der Waals surface area contributed by atoms with Crippen molar-refractivity contribution in [2.75, 3.05) is 14.2 Å². The first kappa shape index (κ1) is 8.59. The fraction of sp³-hybridized carbons (Fsp3) is 0.833. The Morgan fingerprint density at radius 3 is 1.67 bits per heavy atom. The molecule has 0 aromatic heterocycles. The van der Waals surface area contributed by atoms with E-state index < -0.39 is 5.79 Å². The van der Waals surface area contributed by atoms with Crippen LogP contribution in [-0.2, 0) is 9.47 Å². The summed E-state index contributed by atoms with van der Waals surface area (Å²) in [7, 11) is 3.03. The number of methoxy groups -OCH3 is 2. The van der Waals surface area contributed by atoms with Gasteiger partial charge in [0.15, 0.2) is 0 Å². The first-order valence-corrected chi connectivity index (χ1v) is 2.72. The lowest BCUT2D eigenvalue weighted by Gasteiger charge is -2.24. The molecule has 0 aliphatic heterocycles. The van der Waals surface area contributed by atoms with E-state index in [4.69, 9.17) is 14.9 Å². The van der Waals surface area contributed by atoms with Crippen LogP contribution in [0.5, 0.6) is 0 Å². The van der Waals surface area contributed by atoms with Crippen LogP contribution in [0.15, 0.2) is 0 Å². The van der Waals surface area contributed by atoms with Gasteiger partial charge in [-0.25, -0.2) is 0 Å². The molecule has 1 N–H and O–H groups in total. The quantitative estimate of drug-likeness (QED) is 0.459. The molecule has 0 saturated heterocycles. The van der Waals surface area contributed by atoms with Gasteiger partial charge in [0, 0.05) is 14.2 Å². The molecule has 9 heavy (non-hydrogen) atoms. The second-order valence-electron chi connectivity index (χ2n) is 1.98. The second kappa shape index (κ2) is 2.94. The summed E-state index contributed by atoms with van der Waals surface area (Å²) in [6, 6.07) is 0. The molecule has 0 heterocycles. The molecule has 0 saturated carbocycles. The summed E-state index contributed by atoms with van der Waals surface area (Å²) >= 11 is 0. The van der Waals surface area contributed by atoms with Crippen LogP contribution < -0.4 is 0 Å². The summed E-state index contributed by atoms with van der Waals surface area (Å²) in [6.07, 6.45) is 0. The Labute approximate surface area is 55.5 Å². The van der Waals surface area contributed by atoms with Crippen LogP contribution in [0.25, 0.3) is 0 Å². The van der Waals surface area contributed by atoms with Crippen molar-refractivity contribution in [2.24, 2.45) is 0 Å². The third-order valence-corrected chi connectivity index (χ3v) is 1.46. The predicted octanol–water partition coefficient (Wildman–Crippen LogP) is 1.04. The largest absolute Gasteiger partial charge is 0.349 e. The zero-order valence-corrected chi connectivity index (χ0v) is 6.32. The molecule has 0 spiro atoms. The molecule has 0 aliphatic carbocycles. The zero-order chi connectivity index (χ0) is 7.49. The van der Waals surface area contributed by atoms with Gasteiger partial charge in [-0.2, -0.15) is 0 Å². The van der Waals surface area contributed by atoms with Crippen molar-refractivity contribution in [3.05, 3.63) is 0 Å². The summed E-state index contributed by atoms with van der Waals surface area (Å²) < 4.78 is 9.80. The van der Waals surface area contributed by atoms with E-state index in [0.29, 0.717) is 5.71 Å². The van der Waals surface area contributed by atoms with E-state index in [0.717, 1.165) is 0 Å². The van der Waals surface area contributed by atoms with E-state index in [-0.39, 0.29) is 0 Å². The highest BCUT2D eigenvalue weighted by molar-refractivity contribution is 5.85. The van der Waals surface area contributed by atoms with Crippen molar-refractivity contribution in [1.29, 1.82) is 5.41 Å². The van der Waals surface area contributed by atoms with Crippen molar-refractivity contribution in [1.82, 2.24) is 0 Å². The van der Waals surface area contributed by atoms with Crippen molar-refractivity contribution in [2.45, 2.75) is 19.6 Å². The van der Waals surface area contributed by atoms with Gasteiger partial charge < -0.3 is 14.9 Å². The van der Waals surface area contributed by atoms with Crippen molar-refractivity contribution >= 4 is 5.71 Å². The second-order valence-corrected chi connectivity index (χ2v) is 1.98. The minimum Gasteiger partial charge on any atom is -0.349 e. The number of rotatable bonds is 3. The molecule has 0 atom stereocenters. The van der Waals surface area contributed by atoms with E-state index in [9.17, 15) is 0 Å². The molecule has 0 rings (SSSR count). The summed E-state index contributed by atoms with van der Waals surface area (Å²) in [5.41, 5.74) is 0.368. The van der Waals surface area contributed by atoms with Gasteiger partial charge in [-0.05, 0) is 13.8 Å². The van der Waals surface area contributed by atoms with Gasteiger partial charge >= 0.3 is 0 Å². The van der Waals surface area contributed by atoms with Crippen molar-refractivity contribution in [3.8, 4) is 0 Å². The molecular formula is C6H13NO2. The van der Waals surface area contributed by atoms with Crippen LogP contribution in [0.2, 0.25) is 0 Å². The Morgan fingerprint density at radius 2 is 1.67 bits per heavy atom. The Kier molecular flexibility index (Phi) is 2.81. The maximum absolute atomic E-state index is 7.20.